The van der Waals surface area contributed by atoms with Crippen molar-refractivity contribution in [1.29, 1.82) is 0 Å². The highest BCUT2D eigenvalue weighted by atomic mass is 16.4. The van der Waals surface area contributed by atoms with E-state index in [1.807, 2.05) is 21.0 Å². The van der Waals surface area contributed by atoms with E-state index < -0.39 is 5.97 Å². The Morgan fingerprint density at radius 1 is 1.53 bits per heavy atom. The first kappa shape index (κ1) is 14.1. The third kappa shape index (κ3) is 7.11. The lowest BCUT2D eigenvalue weighted by molar-refractivity contribution is -0.132. The Bertz CT molecular complexity index is 225. The second-order valence-electron chi connectivity index (χ2n) is 3.96. The van der Waals surface area contributed by atoms with E-state index in [0.29, 0.717) is 24.6 Å². The van der Waals surface area contributed by atoms with Gasteiger partial charge in [-0.05, 0) is 27.4 Å². The second kappa shape index (κ2) is 7.43. The van der Waals surface area contributed by atoms with Crippen molar-refractivity contribution in [3.05, 3.63) is 11.6 Å². The van der Waals surface area contributed by atoms with E-state index in [1.165, 1.54) is 0 Å². The van der Waals surface area contributed by atoms with Crippen molar-refractivity contribution in [2.45, 2.75) is 26.3 Å². The van der Waals surface area contributed by atoms with Gasteiger partial charge < -0.3 is 15.3 Å². The van der Waals surface area contributed by atoms with Crippen LogP contribution in [0.1, 0.15) is 20.3 Å². The first-order valence-corrected chi connectivity index (χ1v) is 5.27. The molecule has 0 saturated heterocycles. The Balaban J connectivity index is 3.89. The van der Waals surface area contributed by atoms with Crippen molar-refractivity contribution in [1.82, 2.24) is 10.2 Å². The van der Waals surface area contributed by atoms with E-state index >= 15 is 0 Å². The van der Waals surface area contributed by atoms with Crippen molar-refractivity contribution < 1.29 is 9.90 Å². The van der Waals surface area contributed by atoms with Crippen LogP contribution in [0.4, 0.5) is 0 Å². The van der Waals surface area contributed by atoms with Crippen LogP contribution < -0.4 is 5.32 Å². The van der Waals surface area contributed by atoms with Gasteiger partial charge in [0.1, 0.15) is 0 Å². The van der Waals surface area contributed by atoms with Crippen LogP contribution in [0.2, 0.25) is 0 Å². The molecule has 0 saturated carbocycles. The molecular weight excluding hydrogens is 192 g/mol. The third-order valence-electron chi connectivity index (χ3n) is 2.11. The third-order valence-corrected chi connectivity index (χ3v) is 2.11. The van der Waals surface area contributed by atoms with Crippen molar-refractivity contribution in [3.8, 4) is 0 Å². The fourth-order valence-electron chi connectivity index (χ4n) is 1.38. The minimum absolute atomic E-state index is 0.364. The quantitative estimate of drug-likeness (QED) is 0.619. The molecule has 0 aromatic carbocycles. The summed E-state index contributed by atoms with van der Waals surface area (Å²) < 4.78 is 0. The average molecular weight is 214 g/mol. The highest BCUT2D eigenvalue weighted by Gasteiger charge is 2.04. The van der Waals surface area contributed by atoms with Gasteiger partial charge >= 0.3 is 5.97 Å². The molecular formula is C11H22N2O2. The predicted molar refractivity (Wildman–Crippen MR) is 62.0 cm³/mol. The molecule has 0 bridgehead atoms. The average Bonchev–Trinajstić information content (AvgIpc) is 2.10. The largest absolute Gasteiger partial charge is 0.478 e. The summed E-state index contributed by atoms with van der Waals surface area (Å²) in [6.07, 6.45) is 2.31. The lowest BCUT2D eigenvalue weighted by Gasteiger charge is -2.17. The van der Waals surface area contributed by atoms with Gasteiger partial charge in [0.15, 0.2) is 0 Å². The predicted octanol–water partition coefficient (Wildman–Crippen LogP) is 0.947. The summed E-state index contributed by atoms with van der Waals surface area (Å²) >= 11 is 0. The molecule has 1 atom stereocenters. The molecule has 0 radical (unpaired) electrons. The monoisotopic (exact) mass is 214 g/mol. The lowest BCUT2D eigenvalue weighted by Crippen LogP contribution is -2.35. The van der Waals surface area contributed by atoms with Crippen LogP contribution in [0.5, 0.6) is 0 Å². The van der Waals surface area contributed by atoms with E-state index in [-0.39, 0.29) is 0 Å². The number of carbonyl (C=O) groups is 1. The maximum absolute atomic E-state index is 10.7. The molecule has 4 nitrogen and oxygen atoms in total. The van der Waals surface area contributed by atoms with Crippen molar-refractivity contribution in [2.24, 2.45) is 0 Å². The van der Waals surface area contributed by atoms with Gasteiger partial charge in [-0.25, -0.2) is 4.79 Å². The molecule has 4 heteroatoms. The van der Waals surface area contributed by atoms with Crippen LogP contribution >= 0.6 is 0 Å². The van der Waals surface area contributed by atoms with Gasteiger partial charge in [-0.2, -0.15) is 0 Å². The highest BCUT2D eigenvalue weighted by Crippen LogP contribution is 1.99. The number of aliphatic carboxylic acids is 1. The molecule has 88 valence electrons. The Hall–Kier alpha value is -0.870. The molecule has 15 heavy (non-hydrogen) atoms. The molecule has 0 aromatic heterocycles. The Morgan fingerprint density at radius 3 is 2.53 bits per heavy atom. The van der Waals surface area contributed by atoms with Gasteiger partial charge in [0, 0.05) is 24.7 Å². The molecule has 0 spiro atoms. The van der Waals surface area contributed by atoms with E-state index in [4.69, 9.17) is 5.11 Å². The Morgan fingerprint density at radius 2 is 2.13 bits per heavy atom. The highest BCUT2D eigenvalue weighted by molar-refractivity contribution is 5.86. The summed E-state index contributed by atoms with van der Waals surface area (Å²) in [5.74, 6) is -0.820. The zero-order chi connectivity index (χ0) is 11.8. The number of carboxylic acid groups (broad SMARTS) is 1. The summed E-state index contributed by atoms with van der Waals surface area (Å²) in [5.41, 5.74) is 0.472. The molecule has 0 aromatic rings. The van der Waals surface area contributed by atoms with Crippen LogP contribution in [0.15, 0.2) is 11.6 Å². The second-order valence-corrected chi connectivity index (χ2v) is 3.96. The van der Waals surface area contributed by atoms with Crippen LogP contribution in [-0.2, 0) is 4.79 Å². The van der Waals surface area contributed by atoms with Gasteiger partial charge in [-0.3, -0.25) is 0 Å². The number of carboxylic acids is 1. The van der Waals surface area contributed by atoms with Crippen molar-refractivity contribution in [3.63, 3.8) is 0 Å². The molecule has 2 N–H and O–H groups in total. The Kier molecular flexibility index (Phi) is 6.99. The van der Waals surface area contributed by atoms with Gasteiger partial charge in [-0.15, -0.1) is 0 Å². The minimum Gasteiger partial charge on any atom is -0.478 e. The number of hydrogen-bond donors (Lipinski definition) is 2. The summed E-state index contributed by atoms with van der Waals surface area (Å²) in [4.78, 5) is 12.8. The first-order chi connectivity index (χ1) is 6.97. The maximum Gasteiger partial charge on any atom is 0.331 e. The number of nitrogens with one attached hydrogen (secondary N) is 1. The standard InChI is InChI=1S/C11H22N2O2/c1-5-10(11(14)15)6-7-12-9(2)8-13(3)4/h6,9,12H,5,7-8H2,1-4H3,(H,14,15). The molecule has 1 unspecified atom stereocenters. The fraction of sp³-hybridized carbons (Fsp3) is 0.727. The number of rotatable bonds is 7. The summed E-state index contributed by atoms with van der Waals surface area (Å²) in [7, 11) is 4.03. The van der Waals surface area contributed by atoms with Crippen LogP contribution in [0, 0.1) is 0 Å². The number of hydrogen-bond acceptors (Lipinski definition) is 3. The number of likely N-dealkylation sites (N-methyl/N-ethyl adjacent to an activating group) is 1. The zero-order valence-electron chi connectivity index (χ0n) is 10.1. The number of nitrogens with zero attached hydrogens (tertiary/aromatic N) is 1. The maximum atomic E-state index is 10.7. The SMILES string of the molecule is CCC(=CCNC(C)CN(C)C)C(=O)O. The molecule has 0 rings (SSSR count). The van der Waals surface area contributed by atoms with Gasteiger partial charge in [0.2, 0.25) is 0 Å². The molecule has 0 aliphatic heterocycles. The van der Waals surface area contributed by atoms with Crippen molar-refractivity contribution in [2.75, 3.05) is 27.2 Å². The molecule has 0 aliphatic carbocycles. The van der Waals surface area contributed by atoms with E-state index in [0.717, 1.165) is 6.54 Å². The molecule has 0 heterocycles. The molecule has 0 fully saturated rings. The summed E-state index contributed by atoms with van der Waals surface area (Å²) in [6, 6.07) is 0.364. The van der Waals surface area contributed by atoms with E-state index in [1.54, 1.807) is 6.08 Å². The minimum atomic E-state index is -0.820. The first-order valence-electron chi connectivity index (χ1n) is 5.27. The van der Waals surface area contributed by atoms with E-state index in [9.17, 15) is 4.79 Å². The van der Waals surface area contributed by atoms with Gasteiger partial charge in [0.25, 0.3) is 0 Å². The van der Waals surface area contributed by atoms with Crippen LogP contribution in [0.25, 0.3) is 0 Å². The topological polar surface area (TPSA) is 52.6 Å². The summed E-state index contributed by atoms with van der Waals surface area (Å²) in [6.45, 7) is 5.50. The molecule has 0 amide bonds. The lowest BCUT2D eigenvalue weighted by atomic mass is 10.2. The van der Waals surface area contributed by atoms with Gasteiger partial charge in [0.05, 0.1) is 0 Å². The van der Waals surface area contributed by atoms with Crippen molar-refractivity contribution >= 4 is 5.97 Å². The van der Waals surface area contributed by atoms with Crippen LogP contribution in [-0.4, -0.2) is 49.2 Å². The van der Waals surface area contributed by atoms with E-state index in [2.05, 4.69) is 17.1 Å². The summed E-state index contributed by atoms with van der Waals surface area (Å²) in [5, 5.41) is 12.0. The molecule has 0 aliphatic rings. The Labute approximate surface area is 92.0 Å². The normalized spacial score (nSPS) is 14.3. The zero-order valence-corrected chi connectivity index (χ0v) is 10.1. The smallest absolute Gasteiger partial charge is 0.331 e. The fourth-order valence-corrected chi connectivity index (χ4v) is 1.38. The van der Waals surface area contributed by atoms with Gasteiger partial charge in [-0.1, -0.05) is 13.0 Å². The van der Waals surface area contributed by atoms with Crippen LogP contribution in [0.3, 0.4) is 0 Å².